The topological polar surface area (TPSA) is 12.0 Å². The molecule has 1 rings (SSSR count). The lowest BCUT2D eigenvalue weighted by Gasteiger charge is -2.16. The second kappa shape index (κ2) is 6.48. The normalized spacial score (nSPS) is 13.1. The molecule has 16 heavy (non-hydrogen) atoms. The highest BCUT2D eigenvalue weighted by Gasteiger charge is 2.06. The van der Waals surface area contributed by atoms with E-state index in [0.717, 1.165) is 18.7 Å². The minimum atomic E-state index is 0.676. The molecule has 0 aromatic heterocycles. The van der Waals surface area contributed by atoms with E-state index in [9.17, 15) is 0 Å². The van der Waals surface area contributed by atoms with Crippen molar-refractivity contribution in [3.05, 3.63) is 33.8 Å². The minimum Gasteiger partial charge on any atom is -0.312 e. The van der Waals surface area contributed by atoms with Crippen molar-refractivity contribution >= 4 is 23.2 Å². The van der Waals surface area contributed by atoms with E-state index in [1.54, 1.807) is 6.07 Å². The van der Waals surface area contributed by atoms with Crippen LogP contribution in [0.1, 0.15) is 26.3 Å². The molecule has 1 aromatic rings. The SMILES string of the molecule is CC(C)C(C)CNCc1cc(Cl)cc(Cl)c1. The predicted molar refractivity (Wildman–Crippen MR) is 72.2 cm³/mol. The molecule has 1 unspecified atom stereocenters. The molecule has 1 nitrogen and oxygen atoms in total. The first-order valence-electron chi connectivity index (χ1n) is 5.64. The van der Waals surface area contributed by atoms with Gasteiger partial charge in [-0.3, -0.25) is 0 Å². The Hall–Kier alpha value is -0.240. The summed E-state index contributed by atoms with van der Waals surface area (Å²) in [4.78, 5) is 0. The van der Waals surface area contributed by atoms with Gasteiger partial charge in [-0.25, -0.2) is 0 Å². The molecule has 0 aliphatic heterocycles. The van der Waals surface area contributed by atoms with Gasteiger partial charge in [-0.2, -0.15) is 0 Å². The molecule has 0 aliphatic carbocycles. The average molecular weight is 260 g/mol. The molecule has 0 radical (unpaired) electrons. The van der Waals surface area contributed by atoms with Gasteiger partial charge in [0.05, 0.1) is 0 Å². The molecule has 0 amide bonds. The van der Waals surface area contributed by atoms with Crippen molar-refractivity contribution in [2.75, 3.05) is 6.54 Å². The van der Waals surface area contributed by atoms with Gasteiger partial charge >= 0.3 is 0 Å². The number of nitrogens with one attached hydrogen (secondary N) is 1. The second-order valence-corrected chi connectivity index (χ2v) is 5.50. The van der Waals surface area contributed by atoms with Crippen LogP contribution in [0.3, 0.4) is 0 Å². The zero-order chi connectivity index (χ0) is 12.1. The van der Waals surface area contributed by atoms with Crippen molar-refractivity contribution in [3.63, 3.8) is 0 Å². The Morgan fingerprint density at radius 2 is 1.62 bits per heavy atom. The maximum atomic E-state index is 5.93. The number of rotatable bonds is 5. The van der Waals surface area contributed by atoms with Crippen molar-refractivity contribution in [3.8, 4) is 0 Å². The summed E-state index contributed by atoms with van der Waals surface area (Å²) in [7, 11) is 0. The molecule has 0 aliphatic rings. The van der Waals surface area contributed by atoms with Crippen molar-refractivity contribution in [2.24, 2.45) is 11.8 Å². The van der Waals surface area contributed by atoms with E-state index in [4.69, 9.17) is 23.2 Å². The molecular weight excluding hydrogens is 241 g/mol. The fraction of sp³-hybridized carbons (Fsp3) is 0.538. The maximum absolute atomic E-state index is 5.93. The average Bonchev–Trinajstić information content (AvgIpc) is 2.15. The molecule has 1 N–H and O–H groups in total. The number of halogens is 2. The minimum absolute atomic E-state index is 0.676. The summed E-state index contributed by atoms with van der Waals surface area (Å²) in [6, 6.07) is 5.64. The van der Waals surface area contributed by atoms with Gasteiger partial charge in [-0.05, 0) is 42.1 Å². The molecule has 0 heterocycles. The summed E-state index contributed by atoms with van der Waals surface area (Å²) >= 11 is 11.9. The Morgan fingerprint density at radius 3 is 2.12 bits per heavy atom. The monoisotopic (exact) mass is 259 g/mol. The highest BCUT2D eigenvalue weighted by Crippen LogP contribution is 2.19. The highest BCUT2D eigenvalue weighted by molar-refractivity contribution is 6.34. The molecule has 0 fully saturated rings. The first-order chi connectivity index (χ1) is 7.49. The molecule has 0 spiro atoms. The molecule has 0 saturated heterocycles. The van der Waals surface area contributed by atoms with Crippen molar-refractivity contribution < 1.29 is 0 Å². The molecule has 1 atom stereocenters. The molecule has 1 aromatic carbocycles. The van der Waals surface area contributed by atoms with Crippen LogP contribution in [0.4, 0.5) is 0 Å². The third kappa shape index (κ3) is 4.73. The van der Waals surface area contributed by atoms with E-state index < -0.39 is 0 Å². The van der Waals surface area contributed by atoms with Gasteiger partial charge in [0, 0.05) is 16.6 Å². The summed E-state index contributed by atoms with van der Waals surface area (Å²) in [5.74, 6) is 1.38. The van der Waals surface area contributed by atoms with Gasteiger partial charge in [0.25, 0.3) is 0 Å². The standard InChI is InChI=1S/C13H19Cl2N/c1-9(2)10(3)7-16-8-11-4-12(14)6-13(15)5-11/h4-6,9-10,16H,7-8H2,1-3H3. The molecule has 90 valence electrons. The predicted octanol–water partition coefficient (Wildman–Crippen LogP) is 4.38. The zero-order valence-electron chi connectivity index (χ0n) is 10.1. The number of hydrogen-bond donors (Lipinski definition) is 1. The van der Waals surface area contributed by atoms with Crippen LogP contribution in [0.2, 0.25) is 10.0 Å². The maximum Gasteiger partial charge on any atom is 0.0424 e. The Labute approximate surface area is 108 Å². The Bertz CT molecular complexity index is 316. The summed E-state index contributed by atoms with van der Waals surface area (Å²) in [6.07, 6.45) is 0. The van der Waals surface area contributed by atoms with E-state index in [1.165, 1.54) is 0 Å². The van der Waals surface area contributed by atoms with Crippen LogP contribution in [0.5, 0.6) is 0 Å². The summed E-state index contributed by atoms with van der Waals surface area (Å²) in [5.41, 5.74) is 1.13. The summed E-state index contributed by atoms with van der Waals surface area (Å²) in [5, 5.41) is 4.81. The lowest BCUT2D eigenvalue weighted by Crippen LogP contribution is -2.23. The lowest BCUT2D eigenvalue weighted by molar-refractivity contribution is 0.392. The van der Waals surface area contributed by atoms with Crippen LogP contribution < -0.4 is 5.32 Å². The smallest absolute Gasteiger partial charge is 0.0424 e. The van der Waals surface area contributed by atoms with E-state index in [-0.39, 0.29) is 0 Å². The number of hydrogen-bond acceptors (Lipinski definition) is 1. The molecule has 0 saturated carbocycles. The highest BCUT2D eigenvalue weighted by atomic mass is 35.5. The fourth-order valence-corrected chi connectivity index (χ4v) is 1.96. The largest absolute Gasteiger partial charge is 0.312 e. The molecular formula is C13H19Cl2N. The van der Waals surface area contributed by atoms with Crippen molar-refractivity contribution in [1.29, 1.82) is 0 Å². The van der Waals surface area contributed by atoms with Gasteiger partial charge < -0.3 is 5.32 Å². The van der Waals surface area contributed by atoms with Crippen LogP contribution in [0.15, 0.2) is 18.2 Å². The zero-order valence-corrected chi connectivity index (χ0v) is 11.6. The van der Waals surface area contributed by atoms with Crippen molar-refractivity contribution in [2.45, 2.75) is 27.3 Å². The van der Waals surface area contributed by atoms with Crippen LogP contribution in [-0.4, -0.2) is 6.54 Å². The lowest BCUT2D eigenvalue weighted by atomic mass is 9.98. The van der Waals surface area contributed by atoms with Gasteiger partial charge in [0.15, 0.2) is 0 Å². The summed E-state index contributed by atoms with van der Waals surface area (Å²) in [6.45, 7) is 8.56. The van der Waals surface area contributed by atoms with E-state index in [1.807, 2.05) is 12.1 Å². The fourth-order valence-electron chi connectivity index (χ4n) is 1.39. The molecule has 3 heteroatoms. The van der Waals surface area contributed by atoms with Gasteiger partial charge in [0.1, 0.15) is 0 Å². The Balaban J connectivity index is 2.43. The Morgan fingerprint density at radius 1 is 1.06 bits per heavy atom. The van der Waals surface area contributed by atoms with Gasteiger partial charge in [-0.1, -0.05) is 44.0 Å². The second-order valence-electron chi connectivity index (χ2n) is 4.63. The summed E-state index contributed by atoms with van der Waals surface area (Å²) < 4.78 is 0. The Kier molecular flexibility index (Phi) is 5.60. The van der Waals surface area contributed by atoms with Crippen molar-refractivity contribution in [1.82, 2.24) is 5.32 Å². The first-order valence-corrected chi connectivity index (χ1v) is 6.40. The van der Waals surface area contributed by atoms with Crippen LogP contribution in [0.25, 0.3) is 0 Å². The van der Waals surface area contributed by atoms with E-state index in [2.05, 4.69) is 26.1 Å². The molecule has 0 bridgehead atoms. The number of benzene rings is 1. The first kappa shape index (κ1) is 13.8. The van der Waals surface area contributed by atoms with Crippen LogP contribution in [0, 0.1) is 11.8 Å². The van der Waals surface area contributed by atoms with E-state index in [0.29, 0.717) is 21.9 Å². The quantitative estimate of drug-likeness (QED) is 0.828. The third-order valence-corrected chi connectivity index (χ3v) is 3.29. The van der Waals surface area contributed by atoms with Crippen LogP contribution >= 0.6 is 23.2 Å². The van der Waals surface area contributed by atoms with Crippen LogP contribution in [-0.2, 0) is 6.54 Å². The van der Waals surface area contributed by atoms with E-state index >= 15 is 0 Å². The van der Waals surface area contributed by atoms with Gasteiger partial charge in [0.2, 0.25) is 0 Å². The third-order valence-electron chi connectivity index (χ3n) is 2.86. The van der Waals surface area contributed by atoms with Gasteiger partial charge in [-0.15, -0.1) is 0 Å².